The zero-order chi connectivity index (χ0) is 14.6. The van der Waals surface area contributed by atoms with E-state index in [1.165, 1.54) is 23.2 Å². The molecule has 0 aromatic heterocycles. The topological polar surface area (TPSA) is 6.48 Å². The first kappa shape index (κ1) is 20.1. The minimum absolute atomic E-state index is 0. The van der Waals surface area contributed by atoms with Crippen LogP contribution in [0.15, 0.2) is 18.2 Å². The number of nitrogens with zero attached hydrogens (tertiary/aromatic N) is 2. The molecule has 0 unspecified atom stereocenters. The summed E-state index contributed by atoms with van der Waals surface area (Å²) in [4.78, 5) is 4.53. The van der Waals surface area contributed by atoms with Crippen LogP contribution in [-0.2, 0) is 32.7 Å². The average Bonchev–Trinajstić information content (AvgIpc) is 2.41. The van der Waals surface area contributed by atoms with Gasteiger partial charge >= 0.3 is 0 Å². The molecule has 3 heteroatoms. The van der Waals surface area contributed by atoms with Crippen LogP contribution >= 0.6 is 0 Å². The maximum absolute atomic E-state index is 4.23. The molecule has 2 nitrogen and oxygen atoms in total. The SMILES string of the molecule is [CH2-]C.[CH2-]N1c2ccc(C)cc2[C@@H](N(C)C)C[C@H]1CC.[Y]. The molecule has 0 fully saturated rings. The van der Waals surface area contributed by atoms with E-state index in [9.17, 15) is 0 Å². The molecule has 0 saturated heterocycles. The maximum atomic E-state index is 4.23. The van der Waals surface area contributed by atoms with Crippen LogP contribution < -0.4 is 4.90 Å². The molecule has 20 heavy (non-hydrogen) atoms. The zero-order valence-corrected chi connectivity index (χ0v) is 16.5. The van der Waals surface area contributed by atoms with E-state index in [1.54, 1.807) is 6.92 Å². The Morgan fingerprint density at radius 2 is 1.90 bits per heavy atom. The second kappa shape index (κ2) is 9.17. The van der Waals surface area contributed by atoms with Crippen molar-refractivity contribution in [3.8, 4) is 0 Å². The van der Waals surface area contributed by atoms with Crippen LogP contribution in [0.1, 0.15) is 43.9 Å². The van der Waals surface area contributed by atoms with Crippen molar-refractivity contribution in [1.82, 2.24) is 4.90 Å². The van der Waals surface area contributed by atoms with Gasteiger partial charge in [0.05, 0.1) is 0 Å². The van der Waals surface area contributed by atoms with Gasteiger partial charge in [-0.15, -0.1) is 0 Å². The minimum atomic E-state index is 0. The molecule has 0 saturated carbocycles. The van der Waals surface area contributed by atoms with Gasteiger partial charge in [0.2, 0.25) is 0 Å². The Kier molecular flexibility index (Phi) is 9.21. The van der Waals surface area contributed by atoms with Crippen molar-refractivity contribution in [2.24, 2.45) is 0 Å². The van der Waals surface area contributed by atoms with E-state index in [1.807, 2.05) is 0 Å². The van der Waals surface area contributed by atoms with E-state index >= 15 is 0 Å². The van der Waals surface area contributed by atoms with Gasteiger partial charge in [-0.1, -0.05) is 24.6 Å². The molecule has 0 spiro atoms. The predicted octanol–water partition coefficient (Wildman–Crippen LogP) is 4.22. The second-order valence-electron chi connectivity index (χ2n) is 5.31. The average molecular weight is 349 g/mol. The fraction of sp³-hybridized carbons (Fsp3) is 0.529. The van der Waals surface area contributed by atoms with Gasteiger partial charge in [0.15, 0.2) is 0 Å². The number of fused-ring (bicyclic) bond motifs is 1. The number of hydrogen-bond donors (Lipinski definition) is 0. The Balaban J connectivity index is 0.00000115. The summed E-state index contributed by atoms with van der Waals surface area (Å²) in [5.74, 6) is 0. The van der Waals surface area contributed by atoms with Crippen molar-refractivity contribution in [2.75, 3.05) is 19.0 Å². The predicted molar refractivity (Wildman–Crippen MR) is 85.2 cm³/mol. The molecule has 1 aliphatic rings. The van der Waals surface area contributed by atoms with Crippen molar-refractivity contribution < 1.29 is 32.7 Å². The number of anilines is 1. The molecule has 1 aromatic carbocycles. The van der Waals surface area contributed by atoms with E-state index in [0.29, 0.717) is 12.1 Å². The molecule has 111 valence electrons. The van der Waals surface area contributed by atoms with Crippen LogP contribution in [0.25, 0.3) is 0 Å². The molecule has 1 radical (unpaired) electrons. The standard InChI is InChI=1S/C15H23N2.C2H5.Y/c1-6-12-10-15(16(3)4)13-9-11(2)7-8-14(13)17(12)5;1-2;/h7-9,12,15H,5-6,10H2,1-4H3;1H2,2H3;/q2*-1;/t12-,15+;;/m1../s1. The normalized spacial score (nSPS) is 20.7. The van der Waals surface area contributed by atoms with Gasteiger partial charge in [0.25, 0.3) is 0 Å². The summed E-state index contributed by atoms with van der Waals surface area (Å²) in [6, 6.07) is 7.78. The van der Waals surface area contributed by atoms with Gasteiger partial charge in [-0.3, -0.25) is 7.05 Å². The third kappa shape index (κ3) is 4.29. The number of benzene rings is 1. The first-order chi connectivity index (χ1) is 9.04. The molecule has 1 aromatic rings. The van der Waals surface area contributed by atoms with Gasteiger partial charge in [0.1, 0.15) is 0 Å². The van der Waals surface area contributed by atoms with Gasteiger partial charge in [0, 0.05) is 50.5 Å². The van der Waals surface area contributed by atoms with Crippen LogP contribution in [0.4, 0.5) is 5.69 Å². The fourth-order valence-corrected chi connectivity index (χ4v) is 2.79. The number of rotatable bonds is 2. The Morgan fingerprint density at radius 3 is 2.40 bits per heavy atom. The Morgan fingerprint density at radius 1 is 1.30 bits per heavy atom. The van der Waals surface area contributed by atoms with E-state index in [2.05, 4.69) is 69.9 Å². The first-order valence-electron chi connectivity index (χ1n) is 7.12. The van der Waals surface area contributed by atoms with E-state index in [4.69, 9.17) is 0 Å². The van der Waals surface area contributed by atoms with Crippen molar-refractivity contribution >= 4 is 5.69 Å². The van der Waals surface area contributed by atoms with Crippen LogP contribution in [0.2, 0.25) is 0 Å². The molecule has 2 atom stereocenters. The monoisotopic (exact) mass is 349 g/mol. The van der Waals surface area contributed by atoms with Crippen LogP contribution in [0.3, 0.4) is 0 Å². The Bertz CT molecular complexity index is 404. The Hall–Kier alpha value is 0.0839. The third-order valence-electron chi connectivity index (χ3n) is 3.88. The molecule has 0 amide bonds. The summed E-state index contributed by atoms with van der Waals surface area (Å²) < 4.78 is 0. The van der Waals surface area contributed by atoms with Crippen molar-refractivity contribution in [2.45, 2.75) is 45.7 Å². The quantitative estimate of drug-likeness (QED) is 0.738. The molecular formula is C17H28N2Y-2. The molecule has 2 rings (SSSR count). The van der Waals surface area contributed by atoms with Crippen molar-refractivity contribution in [1.29, 1.82) is 0 Å². The van der Waals surface area contributed by atoms with Gasteiger partial charge in [-0.25, -0.2) is 0 Å². The summed E-state index contributed by atoms with van der Waals surface area (Å²) in [7, 11) is 8.57. The molecule has 0 aliphatic carbocycles. The summed E-state index contributed by atoms with van der Waals surface area (Å²) in [5, 5.41) is 0. The van der Waals surface area contributed by atoms with Crippen LogP contribution in [0, 0.1) is 20.9 Å². The van der Waals surface area contributed by atoms with E-state index < -0.39 is 0 Å². The zero-order valence-electron chi connectivity index (χ0n) is 13.7. The molecular weight excluding hydrogens is 321 g/mol. The summed E-state index contributed by atoms with van der Waals surface area (Å²) in [6.07, 6.45) is 2.32. The number of aryl methyl sites for hydroxylation is 1. The maximum Gasteiger partial charge on any atom is 0.0380 e. The first-order valence-corrected chi connectivity index (χ1v) is 7.12. The van der Waals surface area contributed by atoms with Crippen molar-refractivity contribution in [3.05, 3.63) is 43.3 Å². The Labute approximate surface area is 150 Å². The molecule has 0 bridgehead atoms. The summed E-state index contributed by atoms with van der Waals surface area (Å²) in [5.41, 5.74) is 4.06. The smallest absolute Gasteiger partial charge is 0.0380 e. The molecule has 1 aliphatic heterocycles. The van der Waals surface area contributed by atoms with Gasteiger partial charge < -0.3 is 16.7 Å². The van der Waals surface area contributed by atoms with E-state index in [-0.39, 0.29) is 32.7 Å². The van der Waals surface area contributed by atoms with Crippen LogP contribution in [-0.4, -0.2) is 25.0 Å². The third-order valence-corrected chi connectivity index (χ3v) is 3.88. The number of hydrogen-bond acceptors (Lipinski definition) is 2. The largest absolute Gasteiger partial charge is 0.522 e. The molecule has 1 heterocycles. The van der Waals surface area contributed by atoms with E-state index in [0.717, 1.165) is 6.42 Å². The fourth-order valence-electron chi connectivity index (χ4n) is 2.79. The second-order valence-corrected chi connectivity index (χ2v) is 5.31. The minimum Gasteiger partial charge on any atom is -0.522 e. The van der Waals surface area contributed by atoms with Crippen molar-refractivity contribution in [3.63, 3.8) is 0 Å². The summed E-state index contributed by atoms with van der Waals surface area (Å²) in [6.45, 7) is 9.40. The van der Waals surface area contributed by atoms with Crippen LogP contribution in [0.5, 0.6) is 0 Å². The molecule has 0 N–H and O–H groups in total. The van der Waals surface area contributed by atoms with Gasteiger partial charge in [-0.2, -0.15) is 6.92 Å². The summed E-state index contributed by atoms with van der Waals surface area (Å²) >= 11 is 0. The van der Waals surface area contributed by atoms with Gasteiger partial charge in [-0.05, 0) is 45.5 Å².